The molecule has 33 heavy (non-hydrogen) atoms. The minimum atomic E-state index is -0.0744. The Morgan fingerprint density at radius 1 is 0.970 bits per heavy atom. The van der Waals surface area contributed by atoms with Gasteiger partial charge in [0, 0.05) is 39.2 Å². The number of carbonyl (C=O) groups excluding carboxylic acids is 1. The van der Waals surface area contributed by atoms with Gasteiger partial charge in [0.2, 0.25) is 0 Å². The normalized spacial score (nSPS) is 19.0. The maximum Gasteiger partial charge on any atom is 0.305 e. The fourth-order valence-electron chi connectivity index (χ4n) is 4.76. The van der Waals surface area contributed by atoms with Gasteiger partial charge >= 0.3 is 5.97 Å². The molecule has 1 heterocycles. The second-order valence-corrected chi connectivity index (χ2v) is 8.92. The number of nitrogens with zero attached hydrogens (tertiary/aromatic N) is 2. The highest BCUT2D eigenvalue weighted by atomic mass is 16.5. The van der Waals surface area contributed by atoms with Crippen LogP contribution in [0.5, 0.6) is 0 Å². The third kappa shape index (κ3) is 8.58. The molecule has 0 spiro atoms. The van der Waals surface area contributed by atoms with E-state index in [1.165, 1.54) is 11.1 Å². The Hall–Kier alpha value is -2.21. The van der Waals surface area contributed by atoms with Crippen LogP contribution in [0, 0.1) is 0 Å². The number of rotatable bonds is 13. The quantitative estimate of drug-likeness (QED) is 0.319. The highest BCUT2D eigenvalue weighted by molar-refractivity contribution is 5.69. The fourth-order valence-corrected chi connectivity index (χ4v) is 4.76. The van der Waals surface area contributed by atoms with E-state index in [0.717, 1.165) is 58.4 Å². The third-order valence-electron chi connectivity index (χ3n) is 6.50. The number of unbranched alkanes of at least 4 members (excludes halogenated alkanes) is 2. The molecule has 0 aliphatic carbocycles. The van der Waals surface area contributed by atoms with Crippen molar-refractivity contribution in [2.75, 3.05) is 33.4 Å². The van der Waals surface area contributed by atoms with E-state index in [-0.39, 0.29) is 12.1 Å². The Kier molecular flexibility index (Phi) is 10.9. The monoisotopic (exact) mass is 452 g/mol. The maximum atomic E-state index is 11.5. The minimum Gasteiger partial charge on any atom is -0.466 e. The number of ether oxygens (including phenoxy) is 2. The first kappa shape index (κ1) is 25.4. The number of hydrogen-bond acceptors (Lipinski definition) is 5. The highest BCUT2D eigenvalue weighted by Crippen LogP contribution is 2.24. The van der Waals surface area contributed by atoms with Gasteiger partial charge in [-0.05, 0) is 50.4 Å². The van der Waals surface area contributed by atoms with Crippen LogP contribution in [-0.2, 0) is 27.4 Å². The van der Waals surface area contributed by atoms with Crippen molar-refractivity contribution in [2.24, 2.45) is 0 Å². The van der Waals surface area contributed by atoms with Crippen LogP contribution in [0.3, 0.4) is 0 Å². The third-order valence-corrected chi connectivity index (χ3v) is 6.50. The van der Waals surface area contributed by atoms with E-state index in [9.17, 15) is 4.79 Å². The Balaban J connectivity index is 1.55. The van der Waals surface area contributed by atoms with Crippen molar-refractivity contribution < 1.29 is 14.3 Å². The summed E-state index contributed by atoms with van der Waals surface area (Å²) in [4.78, 5) is 16.6. The van der Waals surface area contributed by atoms with Crippen LogP contribution in [0.4, 0.5) is 0 Å². The summed E-state index contributed by atoms with van der Waals surface area (Å²) in [6.07, 6.45) is 4.89. The first-order valence-electron chi connectivity index (χ1n) is 12.4. The smallest absolute Gasteiger partial charge is 0.305 e. The zero-order valence-electron chi connectivity index (χ0n) is 20.3. The van der Waals surface area contributed by atoms with E-state index in [2.05, 4.69) is 70.5 Å². The predicted molar refractivity (Wildman–Crippen MR) is 133 cm³/mol. The molecule has 3 rings (SSSR count). The van der Waals surface area contributed by atoms with Gasteiger partial charge in [0.25, 0.3) is 0 Å². The van der Waals surface area contributed by atoms with Gasteiger partial charge in [0.05, 0.1) is 12.7 Å². The van der Waals surface area contributed by atoms with Crippen molar-refractivity contribution in [2.45, 2.75) is 64.3 Å². The number of hydrogen-bond donors (Lipinski definition) is 0. The summed E-state index contributed by atoms with van der Waals surface area (Å²) in [5, 5.41) is 0. The molecule has 2 atom stereocenters. The largest absolute Gasteiger partial charge is 0.466 e. The van der Waals surface area contributed by atoms with E-state index < -0.39 is 0 Å². The summed E-state index contributed by atoms with van der Waals surface area (Å²) in [6.45, 7) is 7.28. The van der Waals surface area contributed by atoms with Crippen molar-refractivity contribution >= 4 is 5.97 Å². The van der Waals surface area contributed by atoms with Crippen molar-refractivity contribution in [1.29, 1.82) is 0 Å². The first-order chi connectivity index (χ1) is 16.2. The van der Waals surface area contributed by atoms with Crippen LogP contribution in [0.25, 0.3) is 0 Å². The van der Waals surface area contributed by atoms with Crippen LogP contribution < -0.4 is 0 Å². The molecule has 0 bridgehead atoms. The van der Waals surface area contributed by atoms with Crippen LogP contribution in [-0.4, -0.2) is 61.3 Å². The highest BCUT2D eigenvalue weighted by Gasteiger charge is 2.33. The van der Waals surface area contributed by atoms with Gasteiger partial charge in [-0.25, -0.2) is 0 Å². The lowest BCUT2D eigenvalue weighted by molar-refractivity contribution is -0.143. The topological polar surface area (TPSA) is 42.0 Å². The molecule has 5 heteroatoms. The number of piperidine rings is 1. The molecule has 2 aromatic carbocycles. The van der Waals surface area contributed by atoms with Crippen molar-refractivity contribution in [3.63, 3.8) is 0 Å². The number of likely N-dealkylation sites (tertiary alicyclic amines) is 1. The zero-order valence-corrected chi connectivity index (χ0v) is 20.3. The zero-order chi connectivity index (χ0) is 23.3. The molecule has 0 N–H and O–H groups in total. The Bertz CT molecular complexity index is 758. The molecule has 2 aromatic rings. The maximum absolute atomic E-state index is 11.5. The Morgan fingerprint density at radius 2 is 1.61 bits per heavy atom. The first-order valence-corrected chi connectivity index (χ1v) is 12.4. The number of methoxy groups -OCH3 is 1. The van der Waals surface area contributed by atoms with Gasteiger partial charge in [0.15, 0.2) is 0 Å². The van der Waals surface area contributed by atoms with Gasteiger partial charge in [-0.3, -0.25) is 9.69 Å². The summed E-state index contributed by atoms with van der Waals surface area (Å²) in [5.74, 6) is -0.0744. The van der Waals surface area contributed by atoms with Gasteiger partial charge in [0.1, 0.15) is 0 Å². The lowest BCUT2D eigenvalue weighted by Gasteiger charge is -2.43. The second kappa shape index (κ2) is 14.1. The minimum absolute atomic E-state index is 0.0744. The lowest BCUT2D eigenvalue weighted by Crippen LogP contribution is -2.54. The molecule has 1 aliphatic rings. The molecular formula is C28H40N2O3. The van der Waals surface area contributed by atoms with Gasteiger partial charge in [-0.2, -0.15) is 0 Å². The standard InChI is InChI=1S/C28H40N2O3/c1-3-33-28(31)17-11-6-12-19-29-20-18-26(27(23-29)32-2)30(21-24-13-7-4-8-14-24)22-25-15-9-5-10-16-25/h4-5,7-10,13-16,26-27H,3,6,11-12,17-23H2,1-2H3/t26-,27?/m1/s1. The summed E-state index contributed by atoms with van der Waals surface area (Å²) in [7, 11) is 1.85. The summed E-state index contributed by atoms with van der Waals surface area (Å²) in [5.41, 5.74) is 2.68. The van der Waals surface area contributed by atoms with Crippen LogP contribution in [0.1, 0.15) is 50.2 Å². The molecule has 0 amide bonds. The van der Waals surface area contributed by atoms with Crippen molar-refractivity contribution in [3.8, 4) is 0 Å². The molecule has 1 fully saturated rings. The van der Waals surface area contributed by atoms with E-state index in [1.807, 2.05) is 14.0 Å². The second-order valence-electron chi connectivity index (χ2n) is 8.92. The van der Waals surface area contributed by atoms with E-state index in [4.69, 9.17) is 9.47 Å². The molecule has 1 aliphatic heterocycles. The molecule has 1 saturated heterocycles. The van der Waals surface area contributed by atoms with Crippen LogP contribution in [0.15, 0.2) is 60.7 Å². The molecule has 1 unspecified atom stereocenters. The van der Waals surface area contributed by atoms with E-state index >= 15 is 0 Å². The summed E-state index contributed by atoms with van der Waals surface area (Å²) in [6, 6.07) is 21.9. The predicted octanol–water partition coefficient (Wildman–Crippen LogP) is 4.90. The fraction of sp³-hybridized carbons (Fsp3) is 0.536. The van der Waals surface area contributed by atoms with Crippen LogP contribution >= 0.6 is 0 Å². The van der Waals surface area contributed by atoms with E-state index in [1.54, 1.807) is 0 Å². The Morgan fingerprint density at radius 3 is 2.18 bits per heavy atom. The number of carbonyl (C=O) groups is 1. The molecule has 0 saturated carbocycles. The number of benzene rings is 2. The van der Waals surface area contributed by atoms with Gasteiger partial charge in [-0.15, -0.1) is 0 Å². The van der Waals surface area contributed by atoms with Gasteiger partial charge < -0.3 is 14.4 Å². The molecule has 5 nitrogen and oxygen atoms in total. The molecular weight excluding hydrogens is 412 g/mol. The average Bonchev–Trinajstić information content (AvgIpc) is 2.85. The number of esters is 1. The SMILES string of the molecule is CCOC(=O)CCCCCN1CC[C@@H](N(Cc2ccccc2)Cc2ccccc2)C(OC)C1. The van der Waals surface area contributed by atoms with Crippen molar-refractivity contribution in [3.05, 3.63) is 71.8 Å². The van der Waals surface area contributed by atoms with E-state index in [0.29, 0.717) is 19.1 Å². The summed E-state index contributed by atoms with van der Waals surface area (Å²) >= 11 is 0. The van der Waals surface area contributed by atoms with Crippen molar-refractivity contribution in [1.82, 2.24) is 9.80 Å². The Labute approximate surface area is 199 Å². The molecule has 180 valence electrons. The van der Waals surface area contributed by atoms with Gasteiger partial charge in [-0.1, -0.05) is 67.1 Å². The average molecular weight is 453 g/mol. The molecule has 0 radical (unpaired) electrons. The molecule has 0 aromatic heterocycles. The lowest BCUT2D eigenvalue weighted by atomic mass is 9.97. The van der Waals surface area contributed by atoms with Crippen LogP contribution in [0.2, 0.25) is 0 Å². The summed E-state index contributed by atoms with van der Waals surface area (Å²) < 4.78 is 11.0.